The molecule has 0 atom stereocenters. The molecule has 0 aliphatic carbocycles. The Hall–Kier alpha value is -3.11. The van der Waals surface area contributed by atoms with Gasteiger partial charge >= 0.3 is 0 Å². The molecule has 166 valence electrons. The lowest BCUT2D eigenvalue weighted by molar-refractivity contribution is 0.596. The van der Waals surface area contributed by atoms with Gasteiger partial charge < -0.3 is 0 Å². The summed E-state index contributed by atoms with van der Waals surface area (Å²) < 4.78 is 1.23. The van der Waals surface area contributed by atoms with Crippen LogP contribution >= 0.6 is 11.3 Å². The van der Waals surface area contributed by atoms with Crippen LogP contribution in [0.25, 0.3) is 43.5 Å². The number of fused-ring (bicyclic) bond motifs is 2. The van der Waals surface area contributed by atoms with Crippen molar-refractivity contribution in [1.82, 2.24) is 15.0 Å². The number of nitrogens with zero attached hydrogens (tertiary/aromatic N) is 3. The molecule has 5 aromatic rings. The minimum absolute atomic E-state index is 0.0324. The number of rotatable bonds is 4. The maximum absolute atomic E-state index is 4.73. The minimum Gasteiger partial charge on any atom is -0.253 e. The van der Waals surface area contributed by atoms with Crippen LogP contribution in [0.5, 0.6) is 0 Å². The van der Waals surface area contributed by atoms with Crippen molar-refractivity contribution in [1.29, 1.82) is 0 Å². The number of hydrogen-bond acceptors (Lipinski definition) is 4. The minimum atomic E-state index is 0.0324. The van der Waals surface area contributed by atoms with E-state index >= 15 is 0 Å². The van der Waals surface area contributed by atoms with Crippen LogP contribution in [0.4, 0.5) is 0 Å². The first-order chi connectivity index (χ1) is 15.8. The van der Waals surface area contributed by atoms with E-state index in [2.05, 4.69) is 99.2 Å². The van der Waals surface area contributed by atoms with E-state index in [1.807, 2.05) is 17.5 Å². The Morgan fingerprint density at radius 1 is 0.818 bits per heavy atom. The summed E-state index contributed by atoms with van der Waals surface area (Å²) >= 11 is 1.84. The molecule has 4 heteroatoms. The van der Waals surface area contributed by atoms with Gasteiger partial charge in [-0.25, -0.2) is 9.97 Å². The molecule has 0 bridgehead atoms. The van der Waals surface area contributed by atoms with Crippen molar-refractivity contribution < 1.29 is 0 Å². The summed E-state index contributed by atoms with van der Waals surface area (Å²) in [5, 5.41) is 3.77. The lowest BCUT2D eigenvalue weighted by atomic mass is 9.82. The van der Waals surface area contributed by atoms with Gasteiger partial charge in [0.1, 0.15) is 6.33 Å². The van der Waals surface area contributed by atoms with E-state index in [-0.39, 0.29) is 5.41 Å². The normalized spacial score (nSPS) is 12.2. The van der Waals surface area contributed by atoms with E-state index in [1.165, 1.54) is 31.3 Å². The van der Waals surface area contributed by atoms with Gasteiger partial charge in [0.25, 0.3) is 0 Å². The Kier molecular flexibility index (Phi) is 5.49. The second-order valence-corrected chi connectivity index (χ2v) is 11.4. The zero-order valence-electron chi connectivity index (χ0n) is 19.9. The van der Waals surface area contributed by atoms with Crippen LogP contribution in [0.15, 0.2) is 67.1 Å². The van der Waals surface area contributed by atoms with Gasteiger partial charge in [-0.1, -0.05) is 58.9 Å². The lowest BCUT2D eigenvalue weighted by Gasteiger charge is -2.22. The molecular weight excluding hydrogens is 422 g/mol. The molecule has 5 rings (SSSR count). The maximum Gasteiger partial charge on any atom is 0.116 e. The van der Waals surface area contributed by atoms with Crippen LogP contribution in [0.1, 0.15) is 45.1 Å². The molecular formula is C29H29N3S. The Morgan fingerprint density at radius 3 is 2.36 bits per heavy atom. The van der Waals surface area contributed by atoms with Crippen molar-refractivity contribution >= 4 is 32.2 Å². The Labute approximate surface area is 199 Å². The highest BCUT2D eigenvalue weighted by molar-refractivity contribution is 7.19. The molecule has 0 unspecified atom stereocenters. The molecule has 0 fully saturated rings. The highest BCUT2D eigenvalue weighted by atomic mass is 32.1. The van der Waals surface area contributed by atoms with Crippen LogP contribution in [0.2, 0.25) is 0 Å². The Bertz CT molecular complexity index is 1460. The first-order valence-corrected chi connectivity index (χ1v) is 12.3. The number of benzene rings is 2. The predicted octanol–water partition coefficient (Wildman–Crippen LogP) is 8.07. The molecule has 0 saturated carbocycles. The van der Waals surface area contributed by atoms with Crippen molar-refractivity contribution in [3.8, 4) is 22.6 Å². The molecule has 3 nitrogen and oxygen atoms in total. The quantitative estimate of drug-likeness (QED) is 0.277. The summed E-state index contributed by atoms with van der Waals surface area (Å²) in [6.07, 6.45) is 4.74. The van der Waals surface area contributed by atoms with Crippen LogP contribution < -0.4 is 0 Å². The molecule has 33 heavy (non-hydrogen) atoms. The molecule has 0 amide bonds. The zero-order valence-corrected chi connectivity index (χ0v) is 20.7. The van der Waals surface area contributed by atoms with Gasteiger partial charge in [-0.2, -0.15) is 0 Å². The zero-order chi connectivity index (χ0) is 23.2. The predicted molar refractivity (Wildman–Crippen MR) is 141 cm³/mol. The fraction of sp³-hybridized carbons (Fsp3) is 0.276. The molecule has 0 saturated heterocycles. The fourth-order valence-corrected chi connectivity index (χ4v) is 5.60. The van der Waals surface area contributed by atoms with Crippen molar-refractivity contribution in [3.05, 3.63) is 77.6 Å². The number of pyridine rings is 1. The van der Waals surface area contributed by atoms with Crippen molar-refractivity contribution in [3.63, 3.8) is 0 Å². The van der Waals surface area contributed by atoms with Crippen LogP contribution in [-0.2, 0) is 11.8 Å². The standard InChI is InChI=1S/C29H29N3S/c1-18(2)10-22-12-21-14-26(30-16-28(21)33-22)27-15-25(31-17-32-27)20-11-19-8-6-7-9-23(19)24(13-20)29(3,4)5/h6-9,11-18H,10H2,1-5H3. The molecule has 0 radical (unpaired) electrons. The van der Waals surface area contributed by atoms with Gasteiger partial charge in [0, 0.05) is 16.6 Å². The molecule has 3 heterocycles. The van der Waals surface area contributed by atoms with E-state index in [9.17, 15) is 0 Å². The first-order valence-electron chi connectivity index (χ1n) is 11.5. The highest BCUT2D eigenvalue weighted by Gasteiger charge is 2.19. The average molecular weight is 452 g/mol. The molecule has 3 aromatic heterocycles. The van der Waals surface area contributed by atoms with E-state index in [1.54, 1.807) is 6.33 Å². The maximum atomic E-state index is 4.73. The summed E-state index contributed by atoms with van der Waals surface area (Å²) in [6.45, 7) is 11.3. The average Bonchev–Trinajstić information content (AvgIpc) is 3.18. The van der Waals surface area contributed by atoms with Crippen molar-refractivity contribution in [2.45, 2.75) is 46.5 Å². The van der Waals surface area contributed by atoms with Gasteiger partial charge in [-0.05, 0) is 69.8 Å². The third-order valence-corrected chi connectivity index (χ3v) is 7.07. The smallest absolute Gasteiger partial charge is 0.116 e. The topological polar surface area (TPSA) is 38.7 Å². The third-order valence-electron chi connectivity index (χ3n) is 5.96. The number of thiophene rings is 1. The molecule has 0 spiro atoms. The summed E-state index contributed by atoms with van der Waals surface area (Å²) in [5.41, 5.74) is 5.12. The molecule has 0 N–H and O–H groups in total. The van der Waals surface area contributed by atoms with Gasteiger partial charge in [0.2, 0.25) is 0 Å². The van der Waals surface area contributed by atoms with Crippen molar-refractivity contribution in [2.24, 2.45) is 5.92 Å². The molecule has 0 aliphatic heterocycles. The highest BCUT2D eigenvalue weighted by Crippen LogP contribution is 2.35. The van der Waals surface area contributed by atoms with E-state index in [0.29, 0.717) is 5.92 Å². The van der Waals surface area contributed by atoms with Crippen LogP contribution in [0.3, 0.4) is 0 Å². The fourth-order valence-electron chi connectivity index (χ4n) is 4.38. The lowest BCUT2D eigenvalue weighted by Crippen LogP contribution is -2.12. The van der Waals surface area contributed by atoms with Gasteiger partial charge in [0.15, 0.2) is 0 Å². The molecule has 0 aliphatic rings. The van der Waals surface area contributed by atoms with Crippen LogP contribution in [0, 0.1) is 5.92 Å². The molecule has 2 aromatic carbocycles. The SMILES string of the molecule is CC(C)Cc1cc2cc(-c3cc(-c4cc(C(C)(C)C)c5ccccc5c4)ncn3)ncc2s1. The Morgan fingerprint density at radius 2 is 1.58 bits per heavy atom. The summed E-state index contributed by atoms with van der Waals surface area (Å²) in [6, 6.07) is 19.6. The third kappa shape index (κ3) is 4.40. The number of hydrogen-bond donors (Lipinski definition) is 0. The number of aromatic nitrogens is 3. The van der Waals surface area contributed by atoms with Crippen molar-refractivity contribution in [2.75, 3.05) is 0 Å². The summed E-state index contributed by atoms with van der Waals surface area (Å²) in [5.74, 6) is 0.648. The van der Waals surface area contributed by atoms with Gasteiger partial charge in [0.05, 0.1) is 21.8 Å². The van der Waals surface area contributed by atoms with Gasteiger partial charge in [-0.15, -0.1) is 11.3 Å². The first kappa shape index (κ1) is 21.7. The van der Waals surface area contributed by atoms with Crippen LogP contribution in [-0.4, -0.2) is 15.0 Å². The van der Waals surface area contributed by atoms with E-state index in [0.717, 1.165) is 29.1 Å². The summed E-state index contributed by atoms with van der Waals surface area (Å²) in [4.78, 5) is 15.3. The van der Waals surface area contributed by atoms with Gasteiger partial charge in [-0.3, -0.25) is 4.98 Å². The second-order valence-electron chi connectivity index (χ2n) is 10.2. The summed E-state index contributed by atoms with van der Waals surface area (Å²) in [7, 11) is 0. The largest absolute Gasteiger partial charge is 0.253 e. The monoisotopic (exact) mass is 451 g/mol. The second kappa shape index (κ2) is 8.35. The Balaban J connectivity index is 1.58. The van der Waals surface area contributed by atoms with E-state index < -0.39 is 0 Å². The van der Waals surface area contributed by atoms with E-state index in [4.69, 9.17) is 4.98 Å².